The third-order valence-corrected chi connectivity index (χ3v) is 6.24. The van der Waals surface area contributed by atoms with Gasteiger partial charge < -0.3 is 20.1 Å². The summed E-state index contributed by atoms with van der Waals surface area (Å²) in [5.41, 5.74) is 1.98. The zero-order chi connectivity index (χ0) is 18.5. The normalized spacial score (nSPS) is 30.1. The number of anilines is 1. The lowest BCUT2D eigenvalue weighted by molar-refractivity contribution is -0.144. The molecule has 4 heterocycles. The van der Waals surface area contributed by atoms with E-state index in [1.54, 1.807) is 10.8 Å². The van der Waals surface area contributed by atoms with Crippen LogP contribution in [0.15, 0.2) is 30.5 Å². The molecular formula is C20H23N3O4. The number of benzene rings is 1. The number of carbonyl (C=O) groups excluding carboxylic acids is 1. The number of aromatic nitrogens is 1. The Morgan fingerprint density at radius 1 is 1.07 bits per heavy atom. The van der Waals surface area contributed by atoms with Gasteiger partial charge in [0.1, 0.15) is 0 Å². The number of carbonyl (C=O) groups is 2. The van der Waals surface area contributed by atoms with Crippen LogP contribution in [-0.4, -0.2) is 59.9 Å². The number of fused-ring (bicyclic) bond motifs is 3. The largest absolute Gasteiger partial charge is 0.481 e. The summed E-state index contributed by atoms with van der Waals surface area (Å²) in [4.78, 5) is 27.3. The Labute approximate surface area is 156 Å². The lowest BCUT2D eigenvalue weighted by Gasteiger charge is -2.29. The van der Waals surface area contributed by atoms with Crippen LogP contribution in [-0.2, 0) is 9.53 Å². The van der Waals surface area contributed by atoms with E-state index in [2.05, 4.69) is 16.3 Å². The molecule has 2 N–H and O–H groups in total. The maximum absolute atomic E-state index is 13.2. The maximum atomic E-state index is 13.2. The average Bonchev–Trinajstić information content (AvgIpc) is 3.41. The summed E-state index contributed by atoms with van der Waals surface area (Å²) in [6, 6.07) is 8.05. The van der Waals surface area contributed by atoms with Gasteiger partial charge in [-0.3, -0.25) is 14.2 Å². The number of hydrogen-bond donors (Lipinski definition) is 2. The number of aliphatic carboxylic acids is 1. The van der Waals surface area contributed by atoms with Crippen LogP contribution in [0.2, 0.25) is 0 Å². The minimum atomic E-state index is -0.932. The summed E-state index contributed by atoms with van der Waals surface area (Å²) in [7, 11) is 0. The van der Waals surface area contributed by atoms with Crippen LogP contribution >= 0.6 is 0 Å². The molecule has 7 heteroatoms. The van der Waals surface area contributed by atoms with Crippen LogP contribution in [0.1, 0.15) is 17.6 Å². The Morgan fingerprint density at radius 3 is 2.56 bits per heavy atom. The van der Waals surface area contributed by atoms with Crippen LogP contribution in [0.4, 0.5) is 5.69 Å². The highest BCUT2D eigenvalue weighted by Crippen LogP contribution is 2.44. The molecular weight excluding hydrogens is 346 g/mol. The fourth-order valence-electron chi connectivity index (χ4n) is 4.91. The Kier molecular flexibility index (Phi) is 3.94. The predicted octanol–water partition coefficient (Wildman–Crippen LogP) is 1.57. The number of piperazine rings is 1. The number of carboxylic acid groups (broad SMARTS) is 1. The molecule has 3 aliphatic rings. The van der Waals surface area contributed by atoms with Gasteiger partial charge in [-0.05, 0) is 37.1 Å². The van der Waals surface area contributed by atoms with E-state index in [9.17, 15) is 14.7 Å². The molecule has 27 heavy (non-hydrogen) atoms. The first kappa shape index (κ1) is 16.8. The summed E-state index contributed by atoms with van der Waals surface area (Å²) in [6.45, 7) is 3.87. The first-order valence-corrected chi connectivity index (χ1v) is 9.63. The topological polar surface area (TPSA) is 83.8 Å². The van der Waals surface area contributed by atoms with E-state index in [1.807, 2.05) is 18.2 Å². The van der Waals surface area contributed by atoms with Crippen LogP contribution in [0.3, 0.4) is 0 Å². The second-order valence-electron chi connectivity index (χ2n) is 7.68. The van der Waals surface area contributed by atoms with E-state index >= 15 is 0 Å². The number of nitrogens with one attached hydrogen (secondary N) is 1. The van der Waals surface area contributed by atoms with E-state index < -0.39 is 17.8 Å². The molecule has 3 fully saturated rings. The first-order chi connectivity index (χ1) is 13.1. The number of carboxylic acids is 1. The van der Waals surface area contributed by atoms with Gasteiger partial charge in [-0.25, -0.2) is 0 Å². The van der Waals surface area contributed by atoms with Crippen molar-refractivity contribution >= 4 is 28.5 Å². The Balaban J connectivity index is 1.46. The minimum absolute atomic E-state index is 0.167. The summed E-state index contributed by atoms with van der Waals surface area (Å²) in [6.07, 6.45) is 2.64. The molecule has 0 aliphatic carbocycles. The first-order valence-electron chi connectivity index (χ1n) is 9.63. The molecule has 2 bridgehead atoms. The Bertz CT molecular complexity index is 902. The van der Waals surface area contributed by atoms with E-state index in [0.29, 0.717) is 0 Å². The number of ether oxygens (including phenoxy) is 1. The quantitative estimate of drug-likeness (QED) is 0.855. The monoisotopic (exact) mass is 369 g/mol. The van der Waals surface area contributed by atoms with Gasteiger partial charge in [0, 0.05) is 43.4 Å². The highest BCUT2D eigenvalue weighted by atomic mass is 16.5. The number of hydrogen-bond acceptors (Lipinski definition) is 5. The molecule has 5 rings (SSSR count). The molecule has 0 radical (unpaired) electrons. The Morgan fingerprint density at radius 2 is 1.81 bits per heavy atom. The van der Waals surface area contributed by atoms with Gasteiger partial charge in [0.25, 0.3) is 0 Å². The molecule has 1 aromatic heterocycles. The van der Waals surface area contributed by atoms with Crippen molar-refractivity contribution in [3.8, 4) is 0 Å². The van der Waals surface area contributed by atoms with E-state index in [-0.39, 0.29) is 18.1 Å². The van der Waals surface area contributed by atoms with Gasteiger partial charge in [-0.15, -0.1) is 0 Å². The fraction of sp³-hybridized carbons (Fsp3) is 0.500. The number of rotatable bonds is 3. The lowest BCUT2D eigenvalue weighted by atomic mass is 9.78. The molecule has 7 nitrogen and oxygen atoms in total. The van der Waals surface area contributed by atoms with Crippen LogP contribution in [0, 0.1) is 11.8 Å². The second kappa shape index (κ2) is 6.35. The van der Waals surface area contributed by atoms with E-state index in [1.165, 1.54) is 0 Å². The van der Waals surface area contributed by atoms with Crippen molar-refractivity contribution in [2.45, 2.75) is 25.0 Å². The molecule has 3 saturated heterocycles. The summed E-state index contributed by atoms with van der Waals surface area (Å²) in [5.74, 6) is -2.45. The van der Waals surface area contributed by atoms with E-state index in [4.69, 9.17) is 4.74 Å². The second-order valence-corrected chi connectivity index (χ2v) is 7.68. The molecule has 0 unspecified atom stereocenters. The fourth-order valence-corrected chi connectivity index (χ4v) is 4.91. The third kappa shape index (κ3) is 2.64. The molecule has 1 aromatic carbocycles. The van der Waals surface area contributed by atoms with Crippen molar-refractivity contribution in [3.05, 3.63) is 30.5 Å². The van der Waals surface area contributed by atoms with Crippen LogP contribution in [0.25, 0.3) is 10.9 Å². The molecule has 4 atom stereocenters. The summed E-state index contributed by atoms with van der Waals surface area (Å²) >= 11 is 0. The minimum Gasteiger partial charge on any atom is -0.481 e. The smallest absolute Gasteiger partial charge is 0.310 e. The van der Waals surface area contributed by atoms with Gasteiger partial charge in [0.05, 0.1) is 29.6 Å². The van der Waals surface area contributed by atoms with Gasteiger partial charge >= 0.3 is 5.97 Å². The molecule has 0 amide bonds. The predicted molar refractivity (Wildman–Crippen MR) is 100 cm³/mol. The van der Waals surface area contributed by atoms with E-state index in [0.717, 1.165) is 55.6 Å². The highest BCUT2D eigenvalue weighted by Gasteiger charge is 2.55. The standard InChI is InChI=1S/C20H23N3O4/c24-19(17-15-3-4-16(27-15)18(17)20(25)26)23-8-5-12-11-13(1-2-14(12)23)22-9-6-21-7-10-22/h1-2,5,8,11,15-18,21H,3-4,6-7,9-10H2,(H,25,26)/t15-,16+,17-,18+/m1/s1. The number of nitrogens with zero attached hydrogens (tertiary/aromatic N) is 2. The van der Waals surface area contributed by atoms with Crippen molar-refractivity contribution < 1.29 is 19.4 Å². The maximum Gasteiger partial charge on any atom is 0.310 e. The van der Waals surface area contributed by atoms with Gasteiger partial charge in [-0.1, -0.05) is 0 Å². The van der Waals surface area contributed by atoms with Crippen LogP contribution < -0.4 is 10.2 Å². The van der Waals surface area contributed by atoms with Crippen LogP contribution in [0.5, 0.6) is 0 Å². The highest BCUT2D eigenvalue weighted by molar-refractivity contribution is 5.97. The average molecular weight is 369 g/mol. The molecule has 3 aliphatic heterocycles. The zero-order valence-corrected chi connectivity index (χ0v) is 15.0. The van der Waals surface area contributed by atoms with Crippen molar-refractivity contribution in [2.75, 3.05) is 31.1 Å². The third-order valence-electron chi connectivity index (χ3n) is 6.24. The molecule has 2 aromatic rings. The van der Waals surface area contributed by atoms with Gasteiger partial charge in [0.15, 0.2) is 0 Å². The lowest BCUT2D eigenvalue weighted by Crippen LogP contribution is -2.43. The summed E-state index contributed by atoms with van der Waals surface area (Å²) in [5, 5.41) is 13.9. The zero-order valence-electron chi connectivity index (χ0n) is 15.0. The molecule has 0 spiro atoms. The van der Waals surface area contributed by atoms with Crippen molar-refractivity contribution in [2.24, 2.45) is 11.8 Å². The molecule has 142 valence electrons. The SMILES string of the molecule is O=C(O)[C@@H]1[C@H](C(=O)n2ccc3cc(N4CCNCC4)ccc32)[C@H]2CC[C@@H]1O2. The van der Waals surface area contributed by atoms with Gasteiger partial charge in [-0.2, -0.15) is 0 Å². The Hall–Kier alpha value is -2.38. The van der Waals surface area contributed by atoms with Crippen molar-refractivity contribution in [3.63, 3.8) is 0 Å². The van der Waals surface area contributed by atoms with Crippen molar-refractivity contribution in [1.29, 1.82) is 0 Å². The van der Waals surface area contributed by atoms with Crippen molar-refractivity contribution in [1.82, 2.24) is 9.88 Å². The summed E-state index contributed by atoms with van der Waals surface area (Å²) < 4.78 is 7.37. The molecule has 0 saturated carbocycles. The van der Waals surface area contributed by atoms with Gasteiger partial charge in [0.2, 0.25) is 5.91 Å².